The molecule has 6 heteroatoms. The number of hydrogen-bond acceptors (Lipinski definition) is 2. The summed E-state index contributed by atoms with van der Waals surface area (Å²) >= 11 is 6.22. The molecule has 1 amide bonds. The normalized spacial score (nSPS) is 13.9. The highest BCUT2D eigenvalue weighted by Crippen LogP contribution is 2.33. The number of ether oxygens (including phenoxy) is 1. The van der Waals surface area contributed by atoms with E-state index < -0.39 is 0 Å². The number of aromatic amines is 1. The van der Waals surface area contributed by atoms with E-state index in [1.165, 1.54) is 5.69 Å². The van der Waals surface area contributed by atoms with Crippen LogP contribution in [0.1, 0.15) is 27.3 Å². The van der Waals surface area contributed by atoms with Gasteiger partial charge in [0, 0.05) is 70.3 Å². The largest absolute Gasteiger partial charge is 0.497 e. The number of aryl methyl sites for hydroxylation is 1. The Morgan fingerprint density at radius 2 is 2.00 bits per heavy atom. The summed E-state index contributed by atoms with van der Waals surface area (Å²) < 4.78 is 7.47. The zero-order valence-electron chi connectivity index (χ0n) is 16.7. The number of hydrogen-bond donors (Lipinski definition) is 1. The molecule has 0 atom stereocenters. The van der Waals surface area contributed by atoms with Crippen molar-refractivity contribution in [1.82, 2.24) is 14.5 Å². The molecular formula is C23H22ClN3O2. The van der Waals surface area contributed by atoms with Crippen LogP contribution in [0.15, 0.2) is 36.4 Å². The molecule has 1 N–H and O–H groups in total. The third kappa shape index (κ3) is 2.72. The zero-order valence-corrected chi connectivity index (χ0v) is 17.4. The van der Waals surface area contributed by atoms with Crippen LogP contribution in [-0.4, -0.2) is 34.0 Å². The number of carbonyl (C=O) groups is 1. The lowest BCUT2D eigenvalue weighted by Crippen LogP contribution is -2.36. The Kier molecular flexibility index (Phi) is 4.10. The molecule has 5 rings (SSSR count). The summed E-state index contributed by atoms with van der Waals surface area (Å²) in [6.07, 6.45) is 0.806. The minimum absolute atomic E-state index is 0.0587. The van der Waals surface area contributed by atoms with Crippen LogP contribution >= 0.6 is 11.6 Å². The monoisotopic (exact) mass is 407 g/mol. The number of nitrogens with one attached hydrogen (secondary N) is 1. The molecule has 29 heavy (non-hydrogen) atoms. The number of halogens is 1. The predicted molar refractivity (Wildman–Crippen MR) is 116 cm³/mol. The van der Waals surface area contributed by atoms with Gasteiger partial charge in [-0.1, -0.05) is 11.6 Å². The molecule has 0 radical (unpaired) electrons. The summed E-state index contributed by atoms with van der Waals surface area (Å²) in [7, 11) is 3.64. The number of rotatable bonds is 2. The van der Waals surface area contributed by atoms with E-state index in [9.17, 15) is 4.79 Å². The minimum Gasteiger partial charge on any atom is -0.497 e. The smallest absolute Gasteiger partial charge is 0.256 e. The maximum absolute atomic E-state index is 13.6. The molecule has 2 aromatic heterocycles. The van der Waals surface area contributed by atoms with Gasteiger partial charge in [-0.25, -0.2) is 0 Å². The Morgan fingerprint density at radius 3 is 2.79 bits per heavy atom. The van der Waals surface area contributed by atoms with E-state index in [-0.39, 0.29) is 5.91 Å². The van der Waals surface area contributed by atoms with Crippen molar-refractivity contribution in [2.45, 2.75) is 19.9 Å². The van der Waals surface area contributed by atoms with E-state index in [1.54, 1.807) is 7.11 Å². The molecule has 0 saturated heterocycles. The highest BCUT2D eigenvalue weighted by molar-refractivity contribution is 6.31. The predicted octanol–water partition coefficient (Wildman–Crippen LogP) is 4.83. The SMILES string of the molecule is COc1ccc2c(c1)c(C(=O)N1CCc3[nH]c4ccc(Cl)cc4c3C1)c(C)n2C. The van der Waals surface area contributed by atoms with Gasteiger partial charge in [0.2, 0.25) is 0 Å². The van der Waals surface area contributed by atoms with Crippen LogP contribution in [0.5, 0.6) is 5.75 Å². The van der Waals surface area contributed by atoms with Gasteiger partial charge in [-0.15, -0.1) is 0 Å². The van der Waals surface area contributed by atoms with E-state index in [1.807, 2.05) is 55.3 Å². The Labute approximate surface area is 173 Å². The fourth-order valence-electron chi connectivity index (χ4n) is 4.47. The van der Waals surface area contributed by atoms with E-state index >= 15 is 0 Å². The molecule has 0 saturated carbocycles. The number of H-pyrrole nitrogens is 1. The average Bonchev–Trinajstić information content (AvgIpc) is 3.21. The first-order valence-electron chi connectivity index (χ1n) is 9.69. The average molecular weight is 408 g/mol. The van der Waals surface area contributed by atoms with Gasteiger partial charge in [0.05, 0.1) is 12.7 Å². The second-order valence-electron chi connectivity index (χ2n) is 7.65. The summed E-state index contributed by atoms with van der Waals surface area (Å²) in [6.45, 7) is 3.26. The van der Waals surface area contributed by atoms with Crippen LogP contribution in [0.25, 0.3) is 21.8 Å². The third-order valence-electron chi connectivity index (χ3n) is 6.14. The van der Waals surface area contributed by atoms with Crippen LogP contribution in [0, 0.1) is 6.92 Å². The summed E-state index contributed by atoms with van der Waals surface area (Å²) in [4.78, 5) is 19.0. The second kappa shape index (κ2) is 6.56. The van der Waals surface area contributed by atoms with Gasteiger partial charge in [-0.05, 0) is 43.3 Å². The molecule has 0 fully saturated rings. The first-order chi connectivity index (χ1) is 14.0. The molecule has 3 heterocycles. The van der Waals surface area contributed by atoms with Crippen molar-refractivity contribution in [3.05, 3.63) is 63.9 Å². The summed E-state index contributed by atoms with van der Waals surface area (Å²) in [5, 5.41) is 2.74. The maximum Gasteiger partial charge on any atom is 0.256 e. The van der Waals surface area contributed by atoms with Gasteiger partial charge >= 0.3 is 0 Å². The first kappa shape index (κ1) is 18.1. The zero-order chi connectivity index (χ0) is 20.3. The summed E-state index contributed by atoms with van der Waals surface area (Å²) in [5.74, 6) is 0.813. The van der Waals surface area contributed by atoms with Gasteiger partial charge in [-0.2, -0.15) is 0 Å². The Bertz CT molecular complexity index is 1280. The van der Waals surface area contributed by atoms with Crippen molar-refractivity contribution in [2.75, 3.05) is 13.7 Å². The van der Waals surface area contributed by atoms with Crippen molar-refractivity contribution < 1.29 is 9.53 Å². The number of fused-ring (bicyclic) bond motifs is 4. The number of amides is 1. The van der Waals surface area contributed by atoms with E-state index in [0.717, 1.165) is 50.8 Å². The van der Waals surface area contributed by atoms with E-state index in [0.29, 0.717) is 18.1 Å². The first-order valence-corrected chi connectivity index (χ1v) is 10.1. The summed E-state index contributed by atoms with van der Waals surface area (Å²) in [5.41, 5.74) is 6.18. The number of carbonyl (C=O) groups excluding carboxylic acids is 1. The molecule has 0 aliphatic carbocycles. The Morgan fingerprint density at radius 1 is 1.17 bits per heavy atom. The van der Waals surface area contributed by atoms with Crippen molar-refractivity contribution in [3.8, 4) is 5.75 Å². The number of benzene rings is 2. The Hall–Kier alpha value is -2.92. The molecule has 2 aromatic carbocycles. The molecule has 1 aliphatic heterocycles. The van der Waals surface area contributed by atoms with Crippen LogP contribution in [0.4, 0.5) is 0 Å². The molecule has 0 bridgehead atoms. The number of aromatic nitrogens is 2. The summed E-state index contributed by atoms with van der Waals surface area (Å²) in [6, 6.07) is 11.8. The highest BCUT2D eigenvalue weighted by atomic mass is 35.5. The molecule has 5 nitrogen and oxygen atoms in total. The lowest BCUT2D eigenvalue weighted by molar-refractivity contribution is 0.0736. The van der Waals surface area contributed by atoms with Crippen LogP contribution in [0.2, 0.25) is 5.02 Å². The topological polar surface area (TPSA) is 50.3 Å². The highest BCUT2D eigenvalue weighted by Gasteiger charge is 2.28. The molecule has 1 aliphatic rings. The molecular weight excluding hydrogens is 386 g/mol. The van der Waals surface area contributed by atoms with Crippen molar-refractivity contribution in [3.63, 3.8) is 0 Å². The minimum atomic E-state index is 0.0587. The second-order valence-corrected chi connectivity index (χ2v) is 8.09. The molecule has 0 unspecified atom stereocenters. The van der Waals surface area contributed by atoms with Crippen LogP contribution in [-0.2, 0) is 20.0 Å². The van der Waals surface area contributed by atoms with E-state index in [4.69, 9.17) is 16.3 Å². The standard InChI is InChI=1S/C23H22ClN3O2/c1-13-22(17-11-15(29-3)5-7-21(17)26(13)2)23(28)27-9-8-20-18(12-27)16-10-14(24)4-6-19(16)25-20/h4-7,10-11,25H,8-9,12H2,1-3H3. The molecule has 0 spiro atoms. The fourth-order valence-corrected chi connectivity index (χ4v) is 4.64. The fraction of sp³-hybridized carbons (Fsp3) is 0.261. The van der Waals surface area contributed by atoms with Gasteiger partial charge in [0.1, 0.15) is 5.75 Å². The lowest BCUT2D eigenvalue weighted by Gasteiger charge is -2.27. The van der Waals surface area contributed by atoms with Gasteiger partial charge in [-0.3, -0.25) is 4.79 Å². The molecule has 148 valence electrons. The van der Waals surface area contributed by atoms with Crippen molar-refractivity contribution in [1.29, 1.82) is 0 Å². The Balaban J connectivity index is 1.58. The van der Waals surface area contributed by atoms with Crippen LogP contribution < -0.4 is 4.74 Å². The molecule has 4 aromatic rings. The lowest BCUT2D eigenvalue weighted by atomic mass is 10.0. The van der Waals surface area contributed by atoms with Crippen molar-refractivity contribution in [2.24, 2.45) is 7.05 Å². The number of methoxy groups -OCH3 is 1. The third-order valence-corrected chi connectivity index (χ3v) is 6.37. The van der Waals surface area contributed by atoms with Crippen LogP contribution in [0.3, 0.4) is 0 Å². The maximum atomic E-state index is 13.6. The van der Waals surface area contributed by atoms with Gasteiger partial charge < -0.3 is 19.2 Å². The van der Waals surface area contributed by atoms with Gasteiger partial charge in [0.15, 0.2) is 0 Å². The van der Waals surface area contributed by atoms with Crippen molar-refractivity contribution >= 4 is 39.3 Å². The number of nitrogens with zero attached hydrogens (tertiary/aromatic N) is 2. The van der Waals surface area contributed by atoms with Gasteiger partial charge in [0.25, 0.3) is 5.91 Å². The quantitative estimate of drug-likeness (QED) is 0.517. The van der Waals surface area contributed by atoms with E-state index in [2.05, 4.69) is 9.55 Å².